The molecule has 1 heteroatoms. The van der Waals surface area contributed by atoms with E-state index in [-0.39, 0.29) is 0 Å². The van der Waals surface area contributed by atoms with Crippen molar-refractivity contribution >= 4 is 12.2 Å². The van der Waals surface area contributed by atoms with Crippen LogP contribution in [0.2, 0.25) is 11.6 Å². The van der Waals surface area contributed by atoms with Gasteiger partial charge in [-0.05, 0) is 40.1 Å². The zero-order valence-corrected chi connectivity index (χ0v) is 13.4. The van der Waals surface area contributed by atoms with Crippen LogP contribution in [0.5, 0.6) is 0 Å². The summed E-state index contributed by atoms with van der Waals surface area (Å²) in [5, 5.41) is 0.426. The molecule has 1 heterocycles. The summed E-state index contributed by atoms with van der Waals surface area (Å²) in [4.78, 5) is 0. The van der Waals surface area contributed by atoms with Crippen LogP contribution in [0.1, 0.15) is 59.1 Å². The standard InChI is InChI=1S/C18H27B/c1-16(2)10-9-13-11-14(7-8-15(13)16)19-12-17(3,4)18(19,5)6/h7-8,11H,9-10,12H2,1-6H3. The predicted octanol–water partition coefficient (Wildman–Crippen LogP) is 4.43. The van der Waals surface area contributed by atoms with E-state index in [0.717, 1.165) is 6.71 Å². The van der Waals surface area contributed by atoms with Gasteiger partial charge in [-0.25, -0.2) is 0 Å². The zero-order chi connectivity index (χ0) is 14.1. The number of hydrogen-bond acceptors (Lipinski definition) is 0. The molecule has 1 saturated heterocycles. The number of benzene rings is 1. The van der Waals surface area contributed by atoms with Gasteiger partial charge in [-0.3, -0.25) is 0 Å². The summed E-state index contributed by atoms with van der Waals surface area (Å²) < 4.78 is 0. The van der Waals surface area contributed by atoms with Gasteiger partial charge in [0.1, 0.15) is 0 Å². The van der Waals surface area contributed by atoms with Gasteiger partial charge in [0.2, 0.25) is 0 Å². The quantitative estimate of drug-likeness (QED) is 0.650. The Morgan fingerprint density at radius 2 is 1.68 bits per heavy atom. The Kier molecular flexibility index (Phi) is 2.57. The van der Waals surface area contributed by atoms with E-state index >= 15 is 0 Å². The van der Waals surface area contributed by atoms with E-state index in [1.165, 1.54) is 19.2 Å². The molecule has 1 aromatic rings. The minimum absolute atomic E-state index is 0.391. The largest absolute Gasteiger partial charge is 0.182 e. The van der Waals surface area contributed by atoms with E-state index < -0.39 is 0 Å². The van der Waals surface area contributed by atoms with Crippen LogP contribution in [0.15, 0.2) is 18.2 Å². The molecule has 0 unspecified atom stereocenters. The lowest BCUT2D eigenvalue weighted by atomic mass is 9.13. The summed E-state index contributed by atoms with van der Waals surface area (Å²) in [7, 11) is 0. The van der Waals surface area contributed by atoms with Crippen molar-refractivity contribution in [3.63, 3.8) is 0 Å². The van der Waals surface area contributed by atoms with Crippen LogP contribution < -0.4 is 5.46 Å². The Balaban J connectivity index is 1.94. The van der Waals surface area contributed by atoms with Crippen molar-refractivity contribution in [2.45, 2.75) is 71.4 Å². The number of fused-ring (bicyclic) bond motifs is 1. The van der Waals surface area contributed by atoms with Crippen molar-refractivity contribution in [3.05, 3.63) is 29.3 Å². The zero-order valence-electron chi connectivity index (χ0n) is 13.4. The summed E-state index contributed by atoms with van der Waals surface area (Å²) in [5.74, 6) is 0. The molecule has 19 heavy (non-hydrogen) atoms. The van der Waals surface area contributed by atoms with E-state index in [1.807, 2.05) is 0 Å². The molecule has 2 aliphatic rings. The van der Waals surface area contributed by atoms with Crippen molar-refractivity contribution in [1.29, 1.82) is 0 Å². The van der Waals surface area contributed by atoms with Crippen molar-refractivity contribution in [2.24, 2.45) is 5.41 Å². The molecule has 1 aliphatic heterocycles. The van der Waals surface area contributed by atoms with E-state index in [2.05, 4.69) is 59.7 Å². The van der Waals surface area contributed by atoms with Gasteiger partial charge in [0, 0.05) is 0 Å². The Bertz CT molecular complexity index is 522. The van der Waals surface area contributed by atoms with Crippen LogP contribution in [-0.2, 0) is 11.8 Å². The summed E-state index contributed by atoms with van der Waals surface area (Å²) in [6.07, 6.45) is 3.92. The molecule has 1 aliphatic carbocycles. The molecule has 0 aromatic heterocycles. The normalized spacial score (nSPS) is 25.9. The highest BCUT2D eigenvalue weighted by Crippen LogP contribution is 2.61. The fourth-order valence-electron chi connectivity index (χ4n) is 4.18. The first-order chi connectivity index (χ1) is 8.65. The minimum Gasteiger partial charge on any atom is -0.0792 e. The first-order valence-electron chi connectivity index (χ1n) is 7.78. The molecule has 0 atom stereocenters. The van der Waals surface area contributed by atoms with Crippen molar-refractivity contribution in [1.82, 2.24) is 0 Å². The summed E-state index contributed by atoms with van der Waals surface area (Å²) in [6, 6.07) is 7.35. The Labute approximate surface area is 119 Å². The third-order valence-corrected chi connectivity index (χ3v) is 6.61. The van der Waals surface area contributed by atoms with E-state index in [1.54, 1.807) is 16.6 Å². The average molecular weight is 254 g/mol. The van der Waals surface area contributed by atoms with Gasteiger partial charge in [0.15, 0.2) is 6.71 Å². The highest BCUT2D eigenvalue weighted by atomic mass is 14.4. The highest BCUT2D eigenvalue weighted by Gasteiger charge is 2.56. The third-order valence-electron chi connectivity index (χ3n) is 6.61. The maximum atomic E-state index is 2.52. The lowest BCUT2D eigenvalue weighted by Gasteiger charge is -2.57. The fraction of sp³-hybridized carbons (Fsp3) is 0.667. The maximum Gasteiger partial charge on any atom is 0.182 e. The second kappa shape index (κ2) is 3.68. The molecule has 0 spiro atoms. The Hall–Kier alpha value is -0.715. The second-order valence-electron chi connectivity index (χ2n) is 8.66. The fourth-order valence-corrected chi connectivity index (χ4v) is 4.18. The molecular weight excluding hydrogens is 227 g/mol. The van der Waals surface area contributed by atoms with Gasteiger partial charge in [-0.2, -0.15) is 0 Å². The van der Waals surface area contributed by atoms with E-state index in [4.69, 9.17) is 0 Å². The molecule has 0 radical (unpaired) electrons. The molecule has 0 bridgehead atoms. The topological polar surface area (TPSA) is 0 Å². The molecule has 1 aromatic carbocycles. The molecule has 0 nitrogen and oxygen atoms in total. The van der Waals surface area contributed by atoms with Gasteiger partial charge < -0.3 is 0 Å². The molecule has 0 N–H and O–H groups in total. The third kappa shape index (κ3) is 1.73. The molecule has 1 fully saturated rings. The van der Waals surface area contributed by atoms with Crippen LogP contribution >= 0.6 is 0 Å². The number of hydrogen-bond donors (Lipinski definition) is 0. The SMILES string of the molecule is CC1(C)CCc2cc(B3CC(C)(C)C3(C)C)ccc21. The predicted molar refractivity (Wildman–Crippen MR) is 85.8 cm³/mol. The van der Waals surface area contributed by atoms with Crippen LogP contribution in [0.4, 0.5) is 0 Å². The van der Waals surface area contributed by atoms with Gasteiger partial charge in [-0.1, -0.05) is 71.5 Å². The average Bonchev–Trinajstić information content (AvgIpc) is 2.62. The summed E-state index contributed by atoms with van der Waals surface area (Å²) in [6.45, 7) is 15.2. The molecule has 0 amide bonds. The number of rotatable bonds is 1. The van der Waals surface area contributed by atoms with Crippen molar-refractivity contribution in [2.75, 3.05) is 0 Å². The molecule has 0 saturated carbocycles. The smallest absolute Gasteiger partial charge is 0.0792 e. The van der Waals surface area contributed by atoms with E-state index in [9.17, 15) is 0 Å². The monoisotopic (exact) mass is 254 g/mol. The van der Waals surface area contributed by atoms with Crippen LogP contribution in [0.25, 0.3) is 0 Å². The first kappa shape index (κ1) is 13.3. The second-order valence-corrected chi connectivity index (χ2v) is 8.66. The first-order valence-corrected chi connectivity index (χ1v) is 7.78. The molecular formula is C18H27B. The van der Waals surface area contributed by atoms with Gasteiger partial charge >= 0.3 is 0 Å². The lowest BCUT2D eigenvalue weighted by Crippen LogP contribution is -2.59. The van der Waals surface area contributed by atoms with Crippen LogP contribution in [-0.4, -0.2) is 6.71 Å². The minimum atomic E-state index is 0.391. The maximum absolute atomic E-state index is 2.52. The van der Waals surface area contributed by atoms with Crippen molar-refractivity contribution < 1.29 is 0 Å². The number of aryl methyl sites for hydroxylation is 1. The molecule has 3 rings (SSSR count). The van der Waals surface area contributed by atoms with Crippen LogP contribution in [0.3, 0.4) is 0 Å². The summed E-state index contributed by atoms with van der Waals surface area (Å²) in [5.41, 5.74) is 5.66. The molecule has 102 valence electrons. The van der Waals surface area contributed by atoms with Crippen LogP contribution in [0, 0.1) is 5.41 Å². The van der Waals surface area contributed by atoms with Crippen molar-refractivity contribution in [3.8, 4) is 0 Å². The van der Waals surface area contributed by atoms with Gasteiger partial charge in [0.25, 0.3) is 0 Å². The lowest BCUT2D eigenvalue weighted by molar-refractivity contribution is 0.242. The van der Waals surface area contributed by atoms with Gasteiger partial charge in [0.05, 0.1) is 0 Å². The van der Waals surface area contributed by atoms with Gasteiger partial charge in [-0.15, -0.1) is 0 Å². The Morgan fingerprint density at radius 3 is 2.26 bits per heavy atom. The van der Waals surface area contributed by atoms with E-state index in [0.29, 0.717) is 16.1 Å². The summed E-state index contributed by atoms with van der Waals surface area (Å²) >= 11 is 0. The highest BCUT2D eigenvalue weighted by molar-refractivity contribution is 6.79. The Morgan fingerprint density at radius 1 is 1.00 bits per heavy atom.